The summed E-state index contributed by atoms with van der Waals surface area (Å²) in [7, 11) is 6.77. The van der Waals surface area contributed by atoms with E-state index in [2.05, 4.69) is 27.0 Å². The highest BCUT2D eigenvalue weighted by Gasteiger charge is 2.21. The number of nitrogens with one attached hydrogen (secondary N) is 1. The SMILES string of the molecule is CCCCOCCCNC(=NC)N1CCN(Cc2cc(OC)c(OC)c(OC)c2)CC1. The molecule has 1 aromatic carbocycles. The molecule has 8 nitrogen and oxygen atoms in total. The van der Waals surface area contributed by atoms with Crippen LogP contribution in [-0.4, -0.2) is 90.1 Å². The second-order valence-corrected chi connectivity index (χ2v) is 7.59. The summed E-state index contributed by atoms with van der Waals surface area (Å²) in [5.74, 6) is 2.99. The smallest absolute Gasteiger partial charge is 0.203 e. The minimum atomic E-state index is 0.629. The van der Waals surface area contributed by atoms with Crippen LogP contribution in [0.3, 0.4) is 0 Å². The molecule has 1 aromatic rings. The average molecular weight is 437 g/mol. The van der Waals surface area contributed by atoms with E-state index in [9.17, 15) is 0 Å². The van der Waals surface area contributed by atoms with Crippen molar-refractivity contribution in [1.29, 1.82) is 0 Å². The van der Waals surface area contributed by atoms with E-state index in [4.69, 9.17) is 18.9 Å². The summed E-state index contributed by atoms with van der Waals surface area (Å²) >= 11 is 0. The fraction of sp³-hybridized carbons (Fsp3) is 0.696. The van der Waals surface area contributed by atoms with Gasteiger partial charge < -0.3 is 29.2 Å². The van der Waals surface area contributed by atoms with E-state index in [1.807, 2.05) is 19.2 Å². The van der Waals surface area contributed by atoms with Crippen LogP contribution < -0.4 is 19.5 Å². The van der Waals surface area contributed by atoms with Crippen molar-refractivity contribution >= 4 is 5.96 Å². The van der Waals surface area contributed by atoms with Gasteiger partial charge in [-0.05, 0) is 30.5 Å². The molecule has 1 fully saturated rings. The number of guanidine groups is 1. The largest absolute Gasteiger partial charge is 0.493 e. The van der Waals surface area contributed by atoms with Crippen LogP contribution in [0.25, 0.3) is 0 Å². The number of methoxy groups -OCH3 is 3. The van der Waals surface area contributed by atoms with Gasteiger partial charge in [0.15, 0.2) is 17.5 Å². The summed E-state index contributed by atoms with van der Waals surface area (Å²) in [6.45, 7) is 9.38. The van der Waals surface area contributed by atoms with E-state index < -0.39 is 0 Å². The Morgan fingerprint density at radius 3 is 2.16 bits per heavy atom. The Balaban J connectivity index is 1.80. The molecule has 0 aliphatic carbocycles. The van der Waals surface area contributed by atoms with Crippen LogP contribution in [-0.2, 0) is 11.3 Å². The van der Waals surface area contributed by atoms with Gasteiger partial charge >= 0.3 is 0 Å². The second-order valence-electron chi connectivity index (χ2n) is 7.59. The molecule has 2 rings (SSSR count). The number of hydrogen-bond acceptors (Lipinski definition) is 6. The topological polar surface area (TPSA) is 67.8 Å². The van der Waals surface area contributed by atoms with Crippen LogP contribution >= 0.6 is 0 Å². The number of unbranched alkanes of at least 4 members (excludes halogenated alkanes) is 1. The maximum Gasteiger partial charge on any atom is 0.203 e. The summed E-state index contributed by atoms with van der Waals surface area (Å²) in [5.41, 5.74) is 1.15. The Morgan fingerprint density at radius 1 is 0.968 bits per heavy atom. The first-order chi connectivity index (χ1) is 15.2. The number of hydrogen-bond donors (Lipinski definition) is 1. The lowest BCUT2D eigenvalue weighted by atomic mass is 10.1. The minimum absolute atomic E-state index is 0.629. The zero-order chi connectivity index (χ0) is 22.5. The van der Waals surface area contributed by atoms with E-state index in [1.54, 1.807) is 21.3 Å². The maximum absolute atomic E-state index is 5.63. The molecule has 1 heterocycles. The minimum Gasteiger partial charge on any atom is -0.493 e. The number of piperazine rings is 1. The molecule has 1 aliphatic rings. The van der Waals surface area contributed by atoms with Crippen LogP contribution in [0.15, 0.2) is 17.1 Å². The first-order valence-corrected chi connectivity index (χ1v) is 11.2. The van der Waals surface area contributed by atoms with Gasteiger partial charge in [0.05, 0.1) is 21.3 Å². The first kappa shape index (κ1) is 25.1. The highest BCUT2D eigenvalue weighted by molar-refractivity contribution is 5.79. The molecule has 1 aliphatic heterocycles. The predicted octanol–water partition coefficient (Wildman–Crippen LogP) is 2.61. The third kappa shape index (κ3) is 7.78. The molecule has 8 heteroatoms. The van der Waals surface area contributed by atoms with Gasteiger partial charge in [-0.1, -0.05) is 13.3 Å². The Hall–Kier alpha value is -2.19. The number of nitrogens with zero attached hydrogens (tertiary/aromatic N) is 3. The number of benzene rings is 1. The molecule has 0 bridgehead atoms. The Bertz CT molecular complexity index is 651. The average Bonchev–Trinajstić information content (AvgIpc) is 2.81. The molecule has 1 saturated heterocycles. The Labute approximate surface area is 187 Å². The van der Waals surface area contributed by atoms with Crippen LogP contribution in [0.5, 0.6) is 17.2 Å². The van der Waals surface area contributed by atoms with Crippen molar-refractivity contribution in [3.8, 4) is 17.2 Å². The summed E-state index contributed by atoms with van der Waals surface area (Å²) in [4.78, 5) is 9.22. The van der Waals surface area contributed by atoms with Gasteiger partial charge in [-0.25, -0.2) is 0 Å². The fourth-order valence-electron chi connectivity index (χ4n) is 3.66. The summed E-state index contributed by atoms with van der Waals surface area (Å²) in [6.07, 6.45) is 3.30. The Morgan fingerprint density at radius 2 is 1.61 bits per heavy atom. The molecule has 0 amide bonds. The second kappa shape index (κ2) is 14.0. The van der Waals surface area contributed by atoms with Crippen molar-refractivity contribution in [1.82, 2.24) is 15.1 Å². The zero-order valence-corrected chi connectivity index (χ0v) is 19.9. The van der Waals surface area contributed by atoms with E-state index in [0.717, 1.165) is 76.8 Å². The molecule has 0 unspecified atom stereocenters. The van der Waals surface area contributed by atoms with Crippen molar-refractivity contribution < 1.29 is 18.9 Å². The monoisotopic (exact) mass is 436 g/mol. The molecular weight excluding hydrogens is 396 g/mol. The van der Waals surface area contributed by atoms with Crippen molar-refractivity contribution in [2.75, 3.05) is 74.3 Å². The Kier molecular flexibility index (Phi) is 11.3. The van der Waals surface area contributed by atoms with Crippen molar-refractivity contribution in [2.45, 2.75) is 32.7 Å². The third-order valence-corrected chi connectivity index (χ3v) is 5.41. The molecule has 0 radical (unpaired) electrons. The van der Waals surface area contributed by atoms with Gasteiger partial charge in [-0.3, -0.25) is 9.89 Å². The van der Waals surface area contributed by atoms with Crippen molar-refractivity contribution in [3.05, 3.63) is 17.7 Å². The van der Waals surface area contributed by atoms with Crippen LogP contribution in [0.4, 0.5) is 0 Å². The van der Waals surface area contributed by atoms with Crippen LogP contribution in [0, 0.1) is 0 Å². The standard InChI is InChI=1S/C23H40N4O4/c1-6-7-14-31-15-8-9-25-23(24-2)27-12-10-26(11-13-27)18-19-16-20(28-3)22(30-5)21(17-19)29-4/h16-17H,6-15,18H2,1-5H3,(H,24,25). The summed E-state index contributed by atoms with van der Waals surface area (Å²) in [5, 5.41) is 3.47. The van der Waals surface area contributed by atoms with Gasteiger partial charge in [-0.2, -0.15) is 0 Å². The molecular formula is C23H40N4O4. The first-order valence-electron chi connectivity index (χ1n) is 11.2. The number of rotatable bonds is 12. The molecule has 176 valence electrons. The van der Waals surface area contributed by atoms with Gasteiger partial charge in [0, 0.05) is 59.5 Å². The lowest BCUT2D eigenvalue weighted by Crippen LogP contribution is -2.52. The molecule has 0 aromatic heterocycles. The highest BCUT2D eigenvalue weighted by Crippen LogP contribution is 2.38. The molecule has 0 saturated carbocycles. The lowest BCUT2D eigenvalue weighted by Gasteiger charge is -2.36. The fourth-order valence-corrected chi connectivity index (χ4v) is 3.66. The highest BCUT2D eigenvalue weighted by atomic mass is 16.5. The normalized spacial score (nSPS) is 15.1. The van der Waals surface area contributed by atoms with Gasteiger partial charge in [0.25, 0.3) is 0 Å². The number of ether oxygens (including phenoxy) is 4. The maximum atomic E-state index is 5.63. The van der Waals surface area contributed by atoms with Crippen molar-refractivity contribution in [3.63, 3.8) is 0 Å². The zero-order valence-electron chi connectivity index (χ0n) is 19.9. The molecule has 0 atom stereocenters. The predicted molar refractivity (Wildman–Crippen MR) is 125 cm³/mol. The lowest BCUT2D eigenvalue weighted by molar-refractivity contribution is 0.129. The van der Waals surface area contributed by atoms with Gasteiger partial charge in [0.1, 0.15) is 0 Å². The molecule has 1 N–H and O–H groups in total. The third-order valence-electron chi connectivity index (χ3n) is 5.41. The van der Waals surface area contributed by atoms with E-state index in [-0.39, 0.29) is 0 Å². The quantitative estimate of drug-likeness (QED) is 0.307. The van der Waals surface area contributed by atoms with E-state index in [0.29, 0.717) is 17.2 Å². The summed E-state index contributed by atoms with van der Waals surface area (Å²) < 4.78 is 22.0. The van der Waals surface area contributed by atoms with E-state index in [1.165, 1.54) is 6.42 Å². The van der Waals surface area contributed by atoms with Gasteiger partial charge in [0.2, 0.25) is 5.75 Å². The van der Waals surface area contributed by atoms with Crippen molar-refractivity contribution in [2.24, 2.45) is 4.99 Å². The van der Waals surface area contributed by atoms with Crippen LogP contribution in [0.1, 0.15) is 31.7 Å². The molecule has 0 spiro atoms. The molecule has 31 heavy (non-hydrogen) atoms. The van der Waals surface area contributed by atoms with E-state index >= 15 is 0 Å². The van der Waals surface area contributed by atoms with Crippen LogP contribution in [0.2, 0.25) is 0 Å². The summed E-state index contributed by atoms with van der Waals surface area (Å²) in [6, 6.07) is 4.05. The number of aliphatic imine (C=N–C) groups is 1. The van der Waals surface area contributed by atoms with Gasteiger partial charge in [-0.15, -0.1) is 0 Å².